The van der Waals surface area contributed by atoms with Crippen molar-refractivity contribution in [3.63, 3.8) is 0 Å². The summed E-state index contributed by atoms with van der Waals surface area (Å²) in [6.07, 6.45) is 1.55. The van der Waals surface area contributed by atoms with Gasteiger partial charge in [-0.3, -0.25) is 0 Å². The Hall–Kier alpha value is -2.43. The van der Waals surface area contributed by atoms with Gasteiger partial charge in [0.2, 0.25) is 5.88 Å². The molecule has 18 heavy (non-hydrogen) atoms. The highest BCUT2D eigenvalue weighted by atomic mass is 16.5. The molecular weight excluding hydrogens is 228 g/mol. The molecule has 2 aromatic heterocycles. The topological polar surface area (TPSA) is 52.3 Å². The molecule has 5 nitrogen and oxygen atoms in total. The molecule has 0 atom stereocenters. The number of ether oxygens (including phenoxy) is 1. The summed E-state index contributed by atoms with van der Waals surface area (Å²) in [7, 11) is 1.59. The van der Waals surface area contributed by atoms with Crippen LogP contribution in [0.15, 0.2) is 36.5 Å². The highest BCUT2D eigenvalue weighted by Crippen LogP contribution is 2.25. The van der Waals surface area contributed by atoms with Crippen LogP contribution in [0.1, 0.15) is 5.56 Å². The first kappa shape index (κ1) is 10.7. The summed E-state index contributed by atoms with van der Waals surface area (Å²) in [5.74, 6) is 0.574. The molecule has 5 heteroatoms. The van der Waals surface area contributed by atoms with Gasteiger partial charge in [-0.1, -0.05) is 30.3 Å². The van der Waals surface area contributed by atoms with Crippen molar-refractivity contribution in [2.45, 2.75) is 6.92 Å². The van der Waals surface area contributed by atoms with E-state index in [2.05, 4.69) is 15.3 Å². The zero-order valence-corrected chi connectivity index (χ0v) is 10.2. The van der Waals surface area contributed by atoms with Crippen molar-refractivity contribution >= 4 is 5.65 Å². The molecule has 0 saturated heterocycles. The Labute approximate surface area is 104 Å². The molecule has 3 aromatic rings. The van der Waals surface area contributed by atoms with Crippen LogP contribution < -0.4 is 4.74 Å². The molecule has 0 saturated carbocycles. The van der Waals surface area contributed by atoms with Crippen molar-refractivity contribution in [2.24, 2.45) is 0 Å². The first-order valence-corrected chi connectivity index (χ1v) is 5.61. The molecule has 90 valence electrons. The molecule has 0 spiro atoms. The van der Waals surface area contributed by atoms with Gasteiger partial charge in [-0.15, -0.1) is 5.10 Å². The molecule has 1 aromatic carbocycles. The van der Waals surface area contributed by atoms with Crippen molar-refractivity contribution in [3.05, 3.63) is 42.1 Å². The first-order chi connectivity index (χ1) is 8.81. The molecule has 3 rings (SSSR count). The standard InChI is InChI=1S/C13H12N4O/c1-9-12(10-6-4-3-5-7-10)16-17-11(18-2)8-14-15-13(9)17/h3-8H,1-2H3. The molecule has 0 aliphatic heterocycles. The van der Waals surface area contributed by atoms with Gasteiger partial charge in [0.15, 0.2) is 5.65 Å². The second-order valence-electron chi connectivity index (χ2n) is 3.96. The zero-order valence-electron chi connectivity index (χ0n) is 10.2. The van der Waals surface area contributed by atoms with E-state index in [0.29, 0.717) is 11.5 Å². The monoisotopic (exact) mass is 240 g/mol. The highest BCUT2D eigenvalue weighted by molar-refractivity contribution is 5.70. The minimum atomic E-state index is 0.574. The Balaban J connectivity index is 2.29. The highest BCUT2D eigenvalue weighted by Gasteiger charge is 2.14. The average Bonchev–Trinajstić information content (AvgIpc) is 2.77. The maximum atomic E-state index is 5.23. The minimum absolute atomic E-state index is 0.574. The lowest BCUT2D eigenvalue weighted by atomic mass is 10.1. The van der Waals surface area contributed by atoms with Crippen LogP contribution in [0, 0.1) is 6.92 Å². The van der Waals surface area contributed by atoms with E-state index in [1.165, 1.54) is 0 Å². The Morgan fingerprint density at radius 2 is 1.94 bits per heavy atom. The summed E-state index contributed by atoms with van der Waals surface area (Å²) in [6, 6.07) is 10.0. The van der Waals surface area contributed by atoms with Crippen LogP contribution in [0.5, 0.6) is 5.88 Å². The van der Waals surface area contributed by atoms with Gasteiger partial charge in [-0.05, 0) is 6.92 Å². The van der Waals surface area contributed by atoms with Crippen LogP contribution in [0.25, 0.3) is 16.9 Å². The van der Waals surface area contributed by atoms with E-state index in [1.54, 1.807) is 17.8 Å². The van der Waals surface area contributed by atoms with E-state index in [9.17, 15) is 0 Å². The van der Waals surface area contributed by atoms with E-state index in [1.807, 2.05) is 37.3 Å². The summed E-state index contributed by atoms with van der Waals surface area (Å²) in [4.78, 5) is 0. The lowest BCUT2D eigenvalue weighted by molar-refractivity contribution is 0.381. The Morgan fingerprint density at radius 1 is 1.17 bits per heavy atom. The van der Waals surface area contributed by atoms with Gasteiger partial charge in [-0.25, -0.2) is 0 Å². The second kappa shape index (κ2) is 4.10. The average molecular weight is 240 g/mol. The fourth-order valence-corrected chi connectivity index (χ4v) is 1.96. The Morgan fingerprint density at radius 3 is 2.67 bits per heavy atom. The van der Waals surface area contributed by atoms with E-state index < -0.39 is 0 Å². The summed E-state index contributed by atoms with van der Waals surface area (Å²) in [5, 5.41) is 12.6. The number of methoxy groups -OCH3 is 1. The maximum absolute atomic E-state index is 5.23. The third kappa shape index (κ3) is 1.52. The van der Waals surface area contributed by atoms with Gasteiger partial charge < -0.3 is 4.74 Å². The Kier molecular flexibility index (Phi) is 2.44. The SMILES string of the molecule is COc1cnnc2c(C)c(-c3ccccc3)nn12. The molecule has 0 unspecified atom stereocenters. The van der Waals surface area contributed by atoms with E-state index in [0.717, 1.165) is 16.8 Å². The molecular formula is C13H12N4O. The molecule has 0 bridgehead atoms. The number of benzene rings is 1. The van der Waals surface area contributed by atoms with Crippen LogP contribution in [-0.4, -0.2) is 26.9 Å². The van der Waals surface area contributed by atoms with Crippen molar-refractivity contribution in [1.29, 1.82) is 0 Å². The van der Waals surface area contributed by atoms with Crippen LogP contribution in [0.4, 0.5) is 0 Å². The second-order valence-corrected chi connectivity index (χ2v) is 3.96. The number of hydrogen-bond donors (Lipinski definition) is 0. The van der Waals surface area contributed by atoms with Crippen molar-refractivity contribution in [1.82, 2.24) is 19.8 Å². The van der Waals surface area contributed by atoms with Gasteiger partial charge in [0.05, 0.1) is 12.8 Å². The predicted molar refractivity (Wildman–Crippen MR) is 67.5 cm³/mol. The lowest BCUT2D eigenvalue weighted by Crippen LogP contribution is -1.98. The molecule has 0 radical (unpaired) electrons. The normalized spacial score (nSPS) is 10.8. The van der Waals surface area contributed by atoms with Gasteiger partial charge in [0.25, 0.3) is 0 Å². The summed E-state index contributed by atoms with van der Waals surface area (Å²) in [5.41, 5.74) is 3.66. The van der Waals surface area contributed by atoms with Crippen molar-refractivity contribution in [2.75, 3.05) is 7.11 Å². The summed E-state index contributed by atoms with van der Waals surface area (Å²) < 4.78 is 6.90. The summed E-state index contributed by atoms with van der Waals surface area (Å²) >= 11 is 0. The van der Waals surface area contributed by atoms with Crippen LogP contribution in [-0.2, 0) is 0 Å². The largest absolute Gasteiger partial charge is 0.480 e. The fraction of sp³-hybridized carbons (Fsp3) is 0.154. The number of aryl methyl sites for hydroxylation is 1. The Bertz CT molecular complexity index is 691. The van der Waals surface area contributed by atoms with Crippen LogP contribution in [0.3, 0.4) is 0 Å². The van der Waals surface area contributed by atoms with E-state index >= 15 is 0 Å². The predicted octanol–water partition coefficient (Wildman–Crippen LogP) is 2.11. The van der Waals surface area contributed by atoms with Crippen molar-refractivity contribution < 1.29 is 4.74 Å². The molecule has 0 fully saturated rings. The van der Waals surface area contributed by atoms with E-state index in [4.69, 9.17) is 4.74 Å². The number of aromatic nitrogens is 4. The van der Waals surface area contributed by atoms with Crippen LogP contribution >= 0.6 is 0 Å². The quantitative estimate of drug-likeness (QED) is 0.688. The third-order valence-corrected chi connectivity index (χ3v) is 2.88. The molecule has 0 N–H and O–H groups in total. The van der Waals surface area contributed by atoms with Gasteiger partial charge in [0, 0.05) is 11.1 Å². The zero-order chi connectivity index (χ0) is 12.5. The van der Waals surface area contributed by atoms with Gasteiger partial charge in [0.1, 0.15) is 6.20 Å². The molecule has 0 aliphatic carbocycles. The number of rotatable bonds is 2. The maximum Gasteiger partial charge on any atom is 0.237 e. The first-order valence-electron chi connectivity index (χ1n) is 5.61. The van der Waals surface area contributed by atoms with E-state index in [-0.39, 0.29) is 0 Å². The third-order valence-electron chi connectivity index (χ3n) is 2.88. The fourth-order valence-electron chi connectivity index (χ4n) is 1.96. The minimum Gasteiger partial charge on any atom is -0.480 e. The van der Waals surface area contributed by atoms with Gasteiger partial charge in [-0.2, -0.15) is 14.7 Å². The summed E-state index contributed by atoms with van der Waals surface area (Å²) in [6.45, 7) is 1.98. The smallest absolute Gasteiger partial charge is 0.237 e. The lowest BCUT2D eigenvalue weighted by Gasteiger charge is -1.99. The molecule has 0 amide bonds. The number of hydrogen-bond acceptors (Lipinski definition) is 4. The molecule has 0 aliphatic rings. The van der Waals surface area contributed by atoms with Crippen molar-refractivity contribution in [3.8, 4) is 17.1 Å². The number of fused-ring (bicyclic) bond motifs is 1. The number of nitrogens with zero attached hydrogens (tertiary/aromatic N) is 4. The van der Waals surface area contributed by atoms with Crippen LogP contribution in [0.2, 0.25) is 0 Å². The molecule has 2 heterocycles. The van der Waals surface area contributed by atoms with Gasteiger partial charge >= 0.3 is 0 Å².